The largest absolute Gasteiger partial charge is 0.497 e. The van der Waals surface area contributed by atoms with Crippen LogP contribution in [0.4, 0.5) is 4.39 Å². The molecule has 0 radical (unpaired) electrons. The van der Waals surface area contributed by atoms with E-state index in [1.165, 1.54) is 17.4 Å². The summed E-state index contributed by atoms with van der Waals surface area (Å²) in [5.74, 6) is 0.324. The predicted molar refractivity (Wildman–Crippen MR) is 155 cm³/mol. The summed E-state index contributed by atoms with van der Waals surface area (Å²) in [7, 11) is 5.83. The Morgan fingerprint density at radius 2 is 1.63 bits per heavy atom. The third-order valence-electron chi connectivity index (χ3n) is 7.64. The van der Waals surface area contributed by atoms with Gasteiger partial charge in [-0.2, -0.15) is 0 Å². The maximum atomic E-state index is 15.2. The van der Waals surface area contributed by atoms with E-state index < -0.39 is 0 Å². The van der Waals surface area contributed by atoms with Gasteiger partial charge in [-0.25, -0.2) is 4.39 Å². The van der Waals surface area contributed by atoms with Gasteiger partial charge in [0.1, 0.15) is 16.4 Å². The van der Waals surface area contributed by atoms with E-state index in [0.717, 1.165) is 52.6 Å². The third-order valence-corrected chi connectivity index (χ3v) is 9.30. The summed E-state index contributed by atoms with van der Waals surface area (Å²) in [4.78, 5) is 18.7. The van der Waals surface area contributed by atoms with E-state index in [1.54, 1.807) is 13.2 Å². The van der Waals surface area contributed by atoms with Crippen molar-refractivity contribution in [3.8, 4) is 16.9 Å². The molecule has 0 unspecified atom stereocenters. The van der Waals surface area contributed by atoms with Crippen LogP contribution in [0.15, 0.2) is 66.7 Å². The van der Waals surface area contributed by atoms with Crippen molar-refractivity contribution >= 4 is 38.9 Å². The van der Waals surface area contributed by atoms with E-state index in [2.05, 4.69) is 19.0 Å². The normalized spacial score (nSPS) is 17.6. The molecule has 198 valence electrons. The maximum Gasteiger partial charge on any atom is 0.266 e. The Morgan fingerprint density at radius 1 is 0.974 bits per heavy atom. The van der Waals surface area contributed by atoms with Crippen LogP contribution in [-0.2, 0) is 6.54 Å². The van der Waals surface area contributed by atoms with E-state index in [1.807, 2.05) is 59.5 Å². The molecule has 1 aliphatic carbocycles. The van der Waals surface area contributed by atoms with Gasteiger partial charge in [0.05, 0.1) is 12.1 Å². The van der Waals surface area contributed by atoms with Crippen LogP contribution in [-0.4, -0.2) is 49.0 Å². The van der Waals surface area contributed by atoms with Gasteiger partial charge in [-0.1, -0.05) is 48.0 Å². The molecule has 1 heterocycles. The molecule has 0 aliphatic heterocycles. The predicted octanol–water partition coefficient (Wildman–Crippen LogP) is 7.88. The van der Waals surface area contributed by atoms with Gasteiger partial charge in [-0.15, -0.1) is 11.3 Å². The monoisotopic (exact) mass is 550 g/mol. The number of methoxy groups -OCH3 is 1. The second kappa shape index (κ2) is 11.4. The summed E-state index contributed by atoms with van der Waals surface area (Å²) in [6, 6.07) is 21.1. The van der Waals surface area contributed by atoms with Crippen LogP contribution >= 0.6 is 22.9 Å². The number of ether oxygens (including phenoxy) is 1. The Kier molecular flexibility index (Phi) is 8.03. The summed E-state index contributed by atoms with van der Waals surface area (Å²) in [6.07, 6.45) is 3.74. The maximum absolute atomic E-state index is 15.2. The standard InChI is InChI=1S/C31H32ClFN2O2S/c1-34(2)23-11-13-24(14-12-23)35(31(36)30-29(32)26-6-4-5-7-28(26)38-30)19-22-18-21(10-17-27(22)33)20-8-15-25(37-3)16-9-20/h4-10,15-18,23-24H,11-14,19H2,1-3H3. The van der Waals surface area contributed by atoms with Crippen LogP contribution in [0.1, 0.15) is 40.9 Å². The van der Waals surface area contributed by atoms with Gasteiger partial charge in [0.25, 0.3) is 5.91 Å². The summed E-state index contributed by atoms with van der Waals surface area (Å²) in [6.45, 7) is 0.191. The van der Waals surface area contributed by atoms with E-state index in [-0.39, 0.29) is 24.3 Å². The number of thiophene rings is 1. The minimum atomic E-state index is -0.315. The number of carbonyl (C=O) groups is 1. The van der Waals surface area contributed by atoms with Crippen molar-refractivity contribution in [3.63, 3.8) is 0 Å². The molecule has 1 saturated carbocycles. The van der Waals surface area contributed by atoms with Gasteiger partial charge in [-0.05, 0) is 81.2 Å². The van der Waals surface area contributed by atoms with Gasteiger partial charge in [0.15, 0.2) is 0 Å². The van der Waals surface area contributed by atoms with Crippen LogP contribution in [0.5, 0.6) is 5.75 Å². The molecule has 0 spiro atoms. The van der Waals surface area contributed by atoms with Crippen molar-refractivity contribution < 1.29 is 13.9 Å². The fourth-order valence-corrected chi connectivity index (χ4v) is 6.85. The Balaban J connectivity index is 1.49. The zero-order valence-corrected chi connectivity index (χ0v) is 23.5. The number of benzene rings is 3. The lowest BCUT2D eigenvalue weighted by Gasteiger charge is -2.39. The number of amides is 1. The van der Waals surface area contributed by atoms with Gasteiger partial charge in [0, 0.05) is 34.3 Å². The zero-order valence-electron chi connectivity index (χ0n) is 21.9. The van der Waals surface area contributed by atoms with Gasteiger partial charge >= 0.3 is 0 Å². The highest BCUT2D eigenvalue weighted by molar-refractivity contribution is 7.21. The van der Waals surface area contributed by atoms with Crippen molar-refractivity contribution in [2.45, 2.75) is 44.3 Å². The lowest BCUT2D eigenvalue weighted by molar-refractivity contribution is 0.0572. The molecule has 1 aliphatic rings. The first-order chi connectivity index (χ1) is 18.4. The second-order valence-electron chi connectivity index (χ2n) is 10.1. The number of rotatable bonds is 7. The van der Waals surface area contributed by atoms with Crippen LogP contribution in [0.2, 0.25) is 5.02 Å². The van der Waals surface area contributed by atoms with Crippen molar-refractivity contribution in [1.82, 2.24) is 9.80 Å². The molecule has 0 atom stereocenters. The smallest absolute Gasteiger partial charge is 0.266 e. The highest BCUT2D eigenvalue weighted by atomic mass is 35.5. The first-order valence-corrected chi connectivity index (χ1v) is 14.1. The summed E-state index contributed by atoms with van der Waals surface area (Å²) < 4.78 is 21.5. The van der Waals surface area contributed by atoms with E-state index in [4.69, 9.17) is 16.3 Å². The molecule has 3 aromatic carbocycles. The van der Waals surface area contributed by atoms with Crippen LogP contribution in [0.25, 0.3) is 21.2 Å². The Labute approximate surface area is 232 Å². The number of halogens is 2. The average molecular weight is 551 g/mol. The molecule has 1 amide bonds. The number of hydrogen-bond acceptors (Lipinski definition) is 4. The molecule has 0 N–H and O–H groups in total. The average Bonchev–Trinajstić information content (AvgIpc) is 3.28. The van der Waals surface area contributed by atoms with Crippen LogP contribution in [0, 0.1) is 5.82 Å². The zero-order chi connectivity index (χ0) is 26.8. The highest BCUT2D eigenvalue weighted by Gasteiger charge is 2.32. The number of fused-ring (bicyclic) bond motifs is 1. The van der Waals surface area contributed by atoms with E-state index >= 15 is 4.39 Å². The summed E-state index contributed by atoms with van der Waals surface area (Å²) in [5.41, 5.74) is 2.36. The molecule has 38 heavy (non-hydrogen) atoms. The Bertz CT molecular complexity index is 1430. The van der Waals surface area contributed by atoms with Crippen molar-refractivity contribution in [3.05, 3.63) is 88.0 Å². The van der Waals surface area contributed by atoms with Gasteiger partial charge in [0.2, 0.25) is 0 Å². The van der Waals surface area contributed by atoms with Crippen LogP contribution in [0.3, 0.4) is 0 Å². The molecule has 1 fully saturated rings. The first-order valence-electron chi connectivity index (χ1n) is 12.9. The number of carbonyl (C=O) groups excluding carboxylic acids is 1. The van der Waals surface area contributed by atoms with Crippen molar-refractivity contribution in [2.24, 2.45) is 0 Å². The first kappa shape index (κ1) is 26.7. The van der Waals surface area contributed by atoms with Crippen LogP contribution < -0.4 is 4.74 Å². The van der Waals surface area contributed by atoms with Gasteiger partial charge < -0.3 is 14.5 Å². The molecule has 4 aromatic rings. The van der Waals surface area contributed by atoms with E-state index in [9.17, 15) is 4.79 Å². The molecule has 4 nitrogen and oxygen atoms in total. The lowest BCUT2D eigenvalue weighted by atomic mass is 9.89. The van der Waals surface area contributed by atoms with E-state index in [0.29, 0.717) is 21.5 Å². The summed E-state index contributed by atoms with van der Waals surface area (Å²) >= 11 is 8.15. The Hall–Kier alpha value is -2.93. The minimum absolute atomic E-state index is 0.0176. The topological polar surface area (TPSA) is 32.8 Å². The van der Waals surface area contributed by atoms with Gasteiger partial charge in [-0.3, -0.25) is 4.79 Å². The number of hydrogen-bond donors (Lipinski definition) is 0. The Morgan fingerprint density at radius 3 is 2.29 bits per heavy atom. The lowest BCUT2D eigenvalue weighted by Crippen LogP contribution is -2.44. The molecular formula is C31H32ClFN2O2S. The third kappa shape index (κ3) is 5.44. The van der Waals surface area contributed by atoms with Crippen molar-refractivity contribution in [1.29, 1.82) is 0 Å². The second-order valence-corrected chi connectivity index (χ2v) is 11.6. The molecule has 1 aromatic heterocycles. The molecular weight excluding hydrogens is 519 g/mol. The molecule has 7 heteroatoms. The fraction of sp³-hybridized carbons (Fsp3) is 0.323. The molecule has 0 bridgehead atoms. The number of nitrogens with zero attached hydrogens (tertiary/aromatic N) is 2. The summed E-state index contributed by atoms with van der Waals surface area (Å²) in [5, 5.41) is 1.36. The fourth-order valence-electron chi connectivity index (χ4n) is 5.38. The minimum Gasteiger partial charge on any atom is -0.497 e. The SMILES string of the molecule is COc1ccc(-c2ccc(F)c(CN(C(=O)c3sc4ccccc4c3Cl)C3CCC(N(C)C)CC3)c2)cc1. The highest BCUT2D eigenvalue weighted by Crippen LogP contribution is 2.38. The molecule has 0 saturated heterocycles. The quantitative estimate of drug-likeness (QED) is 0.234. The van der Waals surface area contributed by atoms with Crippen molar-refractivity contribution in [2.75, 3.05) is 21.2 Å². The molecule has 5 rings (SSSR count).